The molecule has 5 heteroatoms. The van der Waals surface area contributed by atoms with Crippen molar-refractivity contribution in [2.45, 2.75) is 44.8 Å². The van der Waals surface area contributed by atoms with Crippen molar-refractivity contribution in [3.63, 3.8) is 0 Å². The van der Waals surface area contributed by atoms with E-state index in [2.05, 4.69) is 33.7 Å². The molecule has 1 N–H and O–H groups in total. The zero-order valence-electron chi connectivity index (χ0n) is 12.1. The molecule has 0 unspecified atom stereocenters. The van der Waals surface area contributed by atoms with Gasteiger partial charge in [-0.3, -0.25) is 0 Å². The summed E-state index contributed by atoms with van der Waals surface area (Å²) in [6.45, 7) is 3.03. The molecular formula is C14H24N4O. The zero-order chi connectivity index (χ0) is 13.8. The molecular weight excluding hydrogens is 240 g/mol. The summed E-state index contributed by atoms with van der Waals surface area (Å²) in [6.07, 6.45) is 5.35. The normalized spacial score (nSPS) is 23.2. The highest BCUT2D eigenvalue weighted by Crippen LogP contribution is 2.26. The highest BCUT2D eigenvalue weighted by molar-refractivity contribution is 5.49. The van der Waals surface area contributed by atoms with E-state index < -0.39 is 0 Å². The lowest BCUT2D eigenvalue weighted by molar-refractivity contribution is 0.122. The maximum absolute atomic E-state index is 9.58. The number of rotatable bonds is 4. The highest BCUT2D eigenvalue weighted by atomic mass is 16.3. The Morgan fingerprint density at radius 3 is 2.42 bits per heavy atom. The third-order valence-corrected chi connectivity index (χ3v) is 4.08. The van der Waals surface area contributed by atoms with E-state index in [1.165, 1.54) is 0 Å². The molecule has 1 aliphatic rings. The van der Waals surface area contributed by atoms with E-state index in [4.69, 9.17) is 0 Å². The molecule has 2 rings (SSSR count). The van der Waals surface area contributed by atoms with Gasteiger partial charge in [0.15, 0.2) is 0 Å². The Bertz CT molecular complexity index is 404. The van der Waals surface area contributed by atoms with Gasteiger partial charge in [0.1, 0.15) is 18.0 Å². The standard InChI is InChI=1S/C14H24N4O/c1-4-17(2)13-9-14(16-10-15-13)18(3)11-5-7-12(19)8-6-11/h9-12,19H,4-8H2,1-3H3. The maximum atomic E-state index is 9.58. The fraction of sp³-hybridized carbons (Fsp3) is 0.714. The Morgan fingerprint density at radius 1 is 1.16 bits per heavy atom. The van der Waals surface area contributed by atoms with Crippen molar-refractivity contribution < 1.29 is 5.11 Å². The van der Waals surface area contributed by atoms with Crippen molar-refractivity contribution in [2.75, 3.05) is 30.4 Å². The minimum Gasteiger partial charge on any atom is -0.393 e. The topological polar surface area (TPSA) is 52.5 Å². The molecule has 1 fully saturated rings. The Kier molecular flexibility index (Phi) is 4.58. The molecule has 0 aromatic carbocycles. The first-order chi connectivity index (χ1) is 9.11. The van der Waals surface area contributed by atoms with Crippen LogP contribution >= 0.6 is 0 Å². The predicted octanol–water partition coefficient (Wildman–Crippen LogP) is 1.67. The van der Waals surface area contributed by atoms with Crippen LogP contribution in [0.4, 0.5) is 11.6 Å². The van der Waals surface area contributed by atoms with Crippen molar-refractivity contribution in [1.29, 1.82) is 0 Å². The van der Waals surface area contributed by atoms with Gasteiger partial charge in [-0.05, 0) is 32.6 Å². The van der Waals surface area contributed by atoms with Gasteiger partial charge in [-0.15, -0.1) is 0 Å². The van der Waals surface area contributed by atoms with E-state index in [1.807, 2.05) is 13.1 Å². The van der Waals surface area contributed by atoms with Gasteiger partial charge >= 0.3 is 0 Å². The van der Waals surface area contributed by atoms with Crippen molar-refractivity contribution >= 4 is 11.6 Å². The molecule has 5 nitrogen and oxygen atoms in total. The average Bonchev–Trinajstić information content (AvgIpc) is 2.46. The Labute approximate surface area is 115 Å². The van der Waals surface area contributed by atoms with E-state index in [1.54, 1.807) is 6.33 Å². The second kappa shape index (κ2) is 6.19. The lowest BCUT2D eigenvalue weighted by Crippen LogP contribution is -2.37. The van der Waals surface area contributed by atoms with E-state index in [0.717, 1.165) is 43.9 Å². The van der Waals surface area contributed by atoms with Crippen LogP contribution in [0.5, 0.6) is 0 Å². The van der Waals surface area contributed by atoms with Crippen LogP contribution in [0.3, 0.4) is 0 Å². The summed E-state index contributed by atoms with van der Waals surface area (Å²) in [7, 11) is 4.11. The molecule has 0 bridgehead atoms. The average molecular weight is 264 g/mol. The molecule has 0 atom stereocenters. The lowest BCUT2D eigenvalue weighted by atomic mass is 9.92. The van der Waals surface area contributed by atoms with Crippen LogP contribution in [0.15, 0.2) is 12.4 Å². The van der Waals surface area contributed by atoms with E-state index in [9.17, 15) is 5.11 Å². The molecule has 19 heavy (non-hydrogen) atoms. The van der Waals surface area contributed by atoms with Crippen LogP contribution in [-0.2, 0) is 0 Å². The van der Waals surface area contributed by atoms with Crippen molar-refractivity contribution in [3.05, 3.63) is 12.4 Å². The molecule has 1 heterocycles. The summed E-state index contributed by atoms with van der Waals surface area (Å²) in [6, 6.07) is 2.51. The van der Waals surface area contributed by atoms with E-state index >= 15 is 0 Å². The minimum absolute atomic E-state index is 0.114. The Hall–Kier alpha value is -1.36. The Balaban J connectivity index is 2.08. The number of anilines is 2. The van der Waals surface area contributed by atoms with Gasteiger partial charge in [-0.25, -0.2) is 9.97 Å². The van der Waals surface area contributed by atoms with Crippen LogP contribution in [0.1, 0.15) is 32.6 Å². The molecule has 0 spiro atoms. The van der Waals surface area contributed by atoms with Gasteiger partial charge in [0, 0.05) is 32.7 Å². The molecule has 1 aromatic rings. The fourth-order valence-corrected chi connectivity index (χ4v) is 2.53. The molecule has 1 saturated carbocycles. The summed E-state index contributed by atoms with van der Waals surface area (Å²) < 4.78 is 0. The van der Waals surface area contributed by atoms with Crippen LogP contribution < -0.4 is 9.80 Å². The largest absolute Gasteiger partial charge is 0.393 e. The minimum atomic E-state index is -0.114. The number of aliphatic hydroxyl groups excluding tert-OH is 1. The molecule has 0 saturated heterocycles. The summed E-state index contributed by atoms with van der Waals surface area (Å²) in [4.78, 5) is 13.0. The molecule has 1 aliphatic carbocycles. The first-order valence-electron chi connectivity index (χ1n) is 7.06. The van der Waals surface area contributed by atoms with Crippen LogP contribution in [0.2, 0.25) is 0 Å². The van der Waals surface area contributed by atoms with Gasteiger partial charge in [-0.2, -0.15) is 0 Å². The number of hydrogen-bond acceptors (Lipinski definition) is 5. The van der Waals surface area contributed by atoms with Crippen molar-refractivity contribution in [3.8, 4) is 0 Å². The summed E-state index contributed by atoms with van der Waals surface area (Å²) >= 11 is 0. The molecule has 0 radical (unpaired) electrons. The van der Waals surface area contributed by atoms with Gasteiger partial charge in [0.2, 0.25) is 0 Å². The first kappa shape index (κ1) is 14.1. The van der Waals surface area contributed by atoms with Crippen LogP contribution in [0, 0.1) is 0 Å². The van der Waals surface area contributed by atoms with Gasteiger partial charge < -0.3 is 14.9 Å². The predicted molar refractivity (Wildman–Crippen MR) is 77.6 cm³/mol. The molecule has 0 aliphatic heterocycles. The van der Waals surface area contributed by atoms with Crippen molar-refractivity contribution in [2.24, 2.45) is 0 Å². The second-order valence-corrected chi connectivity index (χ2v) is 5.32. The third-order valence-electron chi connectivity index (χ3n) is 4.08. The lowest BCUT2D eigenvalue weighted by Gasteiger charge is -2.34. The SMILES string of the molecule is CCN(C)c1cc(N(C)C2CCC(O)CC2)ncn1. The molecule has 1 aromatic heterocycles. The van der Waals surface area contributed by atoms with E-state index in [0.29, 0.717) is 6.04 Å². The summed E-state index contributed by atoms with van der Waals surface area (Å²) in [5.74, 6) is 1.92. The second-order valence-electron chi connectivity index (χ2n) is 5.32. The fourth-order valence-electron chi connectivity index (χ4n) is 2.53. The first-order valence-corrected chi connectivity index (χ1v) is 7.06. The highest BCUT2D eigenvalue weighted by Gasteiger charge is 2.23. The van der Waals surface area contributed by atoms with E-state index in [-0.39, 0.29) is 6.10 Å². The molecule has 0 amide bonds. The smallest absolute Gasteiger partial charge is 0.134 e. The van der Waals surface area contributed by atoms with Crippen molar-refractivity contribution in [1.82, 2.24) is 9.97 Å². The number of nitrogens with zero attached hydrogens (tertiary/aromatic N) is 4. The summed E-state index contributed by atoms with van der Waals surface area (Å²) in [5, 5.41) is 9.58. The number of hydrogen-bond donors (Lipinski definition) is 1. The van der Waals surface area contributed by atoms with Crippen LogP contribution in [0.25, 0.3) is 0 Å². The van der Waals surface area contributed by atoms with Gasteiger partial charge in [0.25, 0.3) is 0 Å². The maximum Gasteiger partial charge on any atom is 0.134 e. The quantitative estimate of drug-likeness (QED) is 0.896. The van der Waals surface area contributed by atoms with Crippen LogP contribution in [-0.4, -0.2) is 47.9 Å². The number of aliphatic hydroxyl groups is 1. The monoisotopic (exact) mass is 264 g/mol. The van der Waals surface area contributed by atoms with Gasteiger partial charge in [0.05, 0.1) is 6.10 Å². The third kappa shape index (κ3) is 3.35. The summed E-state index contributed by atoms with van der Waals surface area (Å²) in [5.41, 5.74) is 0. The Morgan fingerprint density at radius 2 is 1.79 bits per heavy atom. The van der Waals surface area contributed by atoms with Gasteiger partial charge in [-0.1, -0.05) is 0 Å². The zero-order valence-corrected chi connectivity index (χ0v) is 12.1. The number of aromatic nitrogens is 2. The molecule has 106 valence electrons.